The highest BCUT2D eigenvalue weighted by molar-refractivity contribution is 5.76. The van der Waals surface area contributed by atoms with Crippen molar-refractivity contribution in [1.82, 2.24) is 0 Å². The first-order valence-electron chi connectivity index (χ1n) is 8.27. The Balaban J connectivity index is 2.33. The molecular weight excluding hydrogens is 328 g/mol. The number of carbonyl (C=O) groups excluding carboxylic acids is 2. The Bertz CT molecular complexity index is 520. The van der Waals surface area contributed by atoms with Crippen LogP contribution in [0.15, 0.2) is 18.2 Å². The number of unbranched alkanes of at least 4 members (excludes halogenated alkanes) is 3. The largest absolute Gasteiger partial charge is 0.493 e. The average Bonchev–Trinajstić information content (AvgIpc) is 2.61. The topological polar surface area (TPSA) is 80.3 Å². The van der Waals surface area contributed by atoms with Gasteiger partial charge in [0.05, 0.1) is 20.8 Å². The molecule has 0 aliphatic heterocycles. The first-order valence-corrected chi connectivity index (χ1v) is 8.27. The molecule has 0 N–H and O–H groups in total. The van der Waals surface area contributed by atoms with Gasteiger partial charge in [0.2, 0.25) is 5.75 Å². The smallest absolute Gasteiger partial charge is 0.337 e. The molecule has 0 aliphatic carbocycles. The Hall–Kier alpha value is -2.28. The highest BCUT2D eigenvalue weighted by Gasteiger charge is 2.16. The Labute approximate surface area is 148 Å². The SMILES string of the molecule is CCCCCCOC(=O)COCC(=O)Oc1c(OC)cccc1OC. The molecule has 0 bridgehead atoms. The van der Waals surface area contributed by atoms with Crippen LogP contribution in [-0.4, -0.2) is 46.0 Å². The highest BCUT2D eigenvalue weighted by Crippen LogP contribution is 2.36. The maximum absolute atomic E-state index is 11.9. The van der Waals surface area contributed by atoms with Gasteiger partial charge in [-0.1, -0.05) is 32.3 Å². The predicted molar refractivity (Wildman–Crippen MR) is 91.1 cm³/mol. The van der Waals surface area contributed by atoms with Crippen LogP contribution in [0.1, 0.15) is 32.6 Å². The lowest BCUT2D eigenvalue weighted by Gasteiger charge is -2.12. The molecule has 7 heteroatoms. The molecule has 0 saturated carbocycles. The van der Waals surface area contributed by atoms with Crippen LogP contribution in [0.25, 0.3) is 0 Å². The van der Waals surface area contributed by atoms with Gasteiger partial charge in [0.15, 0.2) is 11.5 Å². The summed E-state index contributed by atoms with van der Waals surface area (Å²) in [4.78, 5) is 23.3. The molecule has 1 rings (SSSR count). The Kier molecular flexibility index (Phi) is 10.1. The van der Waals surface area contributed by atoms with Crippen molar-refractivity contribution >= 4 is 11.9 Å². The zero-order valence-corrected chi connectivity index (χ0v) is 15.0. The van der Waals surface area contributed by atoms with Crippen LogP contribution in [-0.2, 0) is 19.1 Å². The van der Waals surface area contributed by atoms with E-state index in [4.69, 9.17) is 23.7 Å². The molecular formula is C18H26O7. The van der Waals surface area contributed by atoms with Gasteiger partial charge in [-0.15, -0.1) is 0 Å². The molecule has 140 valence electrons. The van der Waals surface area contributed by atoms with E-state index in [9.17, 15) is 9.59 Å². The number of hydrogen-bond donors (Lipinski definition) is 0. The summed E-state index contributed by atoms with van der Waals surface area (Å²) in [5, 5.41) is 0. The molecule has 0 fully saturated rings. The molecule has 0 unspecified atom stereocenters. The quantitative estimate of drug-likeness (QED) is 0.324. The van der Waals surface area contributed by atoms with Crippen molar-refractivity contribution in [3.05, 3.63) is 18.2 Å². The zero-order chi connectivity index (χ0) is 18.5. The number of hydrogen-bond acceptors (Lipinski definition) is 7. The summed E-state index contributed by atoms with van der Waals surface area (Å²) in [5.41, 5.74) is 0. The zero-order valence-electron chi connectivity index (χ0n) is 15.0. The standard InChI is InChI=1S/C18H26O7/c1-4-5-6-7-11-24-16(19)12-23-13-17(20)25-18-14(21-2)9-8-10-15(18)22-3/h8-10H,4-7,11-13H2,1-3H3. The van der Waals surface area contributed by atoms with E-state index >= 15 is 0 Å². The van der Waals surface area contributed by atoms with Crippen molar-refractivity contribution in [2.45, 2.75) is 32.6 Å². The van der Waals surface area contributed by atoms with Gasteiger partial charge in [-0.25, -0.2) is 9.59 Å². The summed E-state index contributed by atoms with van der Waals surface area (Å²) >= 11 is 0. The molecule has 0 saturated heterocycles. The van der Waals surface area contributed by atoms with Crippen molar-refractivity contribution in [2.75, 3.05) is 34.0 Å². The fourth-order valence-corrected chi connectivity index (χ4v) is 2.04. The van der Waals surface area contributed by atoms with E-state index < -0.39 is 11.9 Å². The molecule has 0 radical (unpaired) electrons. The van der Waals surface area contributed by atoms with Gasteiger partial charge in [-0.2, -0.15) is 0 Å². The summed E-state index contributed by atoms with van der Waals surface area (Å²) in [7, 11) is 2.91. The van der Waals surface area contributed by atoms with E-state index in [-0.39, 0.29) is 19.0 Å². The normalized spacial score (nSPS) is 10.2. The average molecular weight is 354 g/mol. The van der Waals surface area contributed by atoms with E-state index in [0.29, 0.717) is 18.1 Å². The number of carbonyl (C=O) groups is 2. The van der Waals surface area contributed by atoms with Crippen LogP contribution in [0.5, 0.6) is 17.2 Å². The summed E-state index contributed by atoms with van der Waals surface area (Å²) in [6.07, 6.45) is 4.09. The molecule has 0 heterocycles. The third kappa shape index (κ3) is 7.89. The number of esters is 2. The lowest BCUT2D eigenvalue weighted by molar-refractivity contribution is -0.152. The second-order valence-electron chi connectivity index (χ2n) is 5.24. The Morgan fingerprint density at radius 1 is 0.920 bits per heavy atom. The van der Waals surface area contributed by atoms with Gasteiger partial charge in [-0.3, -0.25) is 0 Å². The Morgan fingerprint density at radius 2 is 1.56 bits per heavy atom. The molecule has 1 aromatic rings. The number of benzene rings is 1. The second-order valence-corrected chi connectivity index (χ2v) is 5.24. The first-order chi connectivity index (χ1) is 12.1. The van der Waals surface area contributed by atoms with Crippen molar-refractivity contribution < 1.29 is 33.3 Å². The number of ether oxygens (including phenoxy) is 5. The van der Waals surface area contributed by atoms with E-state index in [1.807, 2.05) is 0 Å². The van der Waals surface area contributed by atoms with Gasteiger partial charge in [0.1, 0.15) is 13.2 Å². The van der Waals surface area contributed by atoms with E-state index in [1.165, 1.54) is 14.2 Å². The lowest BCUT2D eigenvalue weighted by Crippen LogP contribution is -2.20. The number of methoxy groups -OCH3 is 2. The molecule has 0 aromatic heterocycles. The van der Waals surface area contributed by atoms with Crippen LogP contribution >= 0.6 is 0 Å². The third-order valence-electron chi connectivity index (χ3n) is 3.30. The van der Waals surface area contributed by atoms with Crippen LogP contribution in [0.2, 0.25) is 0 Å². The van der Waals surface area contributed by atoms with E-state index in [0.717, 1.165) is 25.7 Å². The van der Waals surface area contributed by atoms with Crippen LogP contribution in [0, 0.1) is 0 Å². The van der Waals surface area contributed by atoms with Gasteiger partial charge in [-0.05, 0) is 18.6 Å². The molecule has 0 aliphatic rings. The van der Waals surface area contributed by atoms with Crippen LogP contribution in [0.3, 0.4) is 0 Å². The van der Waals surface area contributed by atoms with Crippen molar-refractivity contribution in [3.63, 3.8) is 0 Å². The number of rotatable bonds is 12. The molecule has 0 atom stereocenters. The molecule has 0 spiro atoms. The molecule has 7 nitrogen and oxygen atoms in total. The minimum absolute atomic E-state index is 0.166. The van der Waals surface area contributed by atoms with Gasteiger partial charge >= 0.3 is 11.9 Å². The van der Waals surface area contributed by atoms with Crippen molar-refractivity contribution in [1.29, 1.82) is 0 Å². The fraction of sp³-hybridized carbons (Fsp3) is 0.556. The highest BCUT2D eigenvalue weighted by atomic mass is 16.6. The van der Waals surface area contributed by atoms with E-state index in [2.05, 4.69) is 6.92 Å². The monoisotopic (exact) mass is 354 g/mol. The van der Waals surface area contributed by atoms with Gasteiger partial charge in [0, 0.05) is 0 Å². The maximum Gasteiger partial charge on any atom is 0.337 e. The predicted octanol–water partition coefficient (Wildman–Crippen LogP) is 2.75. The number of para-hydroxylation sites is 1. The second kappa shape index (κ2) is 12.1. The van der Waals surface area contributed by atoms with Gasteiger partial charge < -0.3 is 23.7 Å². The Morgan fingerprint density at radius 3 is 2.16 bits per heavy atom. The minimum atomic E-state index is -0.668. The summed E-state index contributed by atoms with van der Waals surface area (Å²) in [6, 6.07) is 4.99. The van der Waals surface area contributed by atoms with Crippen molar-refractivity contribution in [3.8, 4) is 17.2 Å². The third-order valence-corrected chi connectivity index (χ3v) is 3.30. The van der Waals surface area contributed by atoms with Crippen LogP contribution in [0.4, 0.5) is 0 Å². The fourth-order valence-electron chi connectivity index (χ4n) is 2.04. The molecule has 0 amide bonds. The molecule has 1 aromatic carbocycles. The summed E-state index contributed by atoms with van der Waals surface area (Å²) in [6.45, 7) is 1.79. The van der Waals surface area contributed by atoms with E-state index in [1.54, 1.807) is 18.2 Å². The molecule has 25 heavy (non-hydrogen) atoms. The van der Waals surface area contributed by atoms with Crippen LogP contribution < -0.4 is 14.2 Å². The minimum Gasteiger partial charge on any atom is -0.493 e. The van der Waals surface area contributed by atoms with Gasteiger partial charge in [0.25, 0.3) is 0 Å². The lowest BCUT2D eigenvalue weighted by atomic mass is 10.2. The maximum atomic E-state index is 11.9. The summed E-state index contributed by atoms with van der Waals surface area (Å²) in [5.74, 6) is -0.282. The van der Waals surface area contributed by atoms with Crippen molar-refractivity contribution in [2.24, 2.45) is 0 Å². The first kappa shape index (κ1) is 20.8. The summed E-state index contributed by atoms with van der Waals surface area (Å²) < 4.78 is 25.5.